The zero-order chi connectivity index (χ0) is 18.6. The van der Waals surface area contributed by atoms with Gasteiger partial charge in [0.1, 0.15) is 5.75 Å². The first-order valence-electron chi connectivity index (χ1n) is 8.99. The number of hydrogen-bond donors (Lipinski definition) is 2. The molecule has 0 aliphatic rings. The molecule has 0 spiro atoms. The van der Waals surface area contributed by atoms with Crippen LogP contribution in [-0.2, 0) is 17.8 Å². The Morgan fingerprint density at radius 3 is 2.58 bits per heavy atom. The molecule has 2 N–H and O–H groups in total. The molecule has 0 bridgehead atoms. The summed E-state index contributed by atoms with van der Waals surface area (Å²) in [4.78, 5) is 7.33. The number of nitrogens with zero attached hydrogens (tertiary/aromatic N) is 1. The molecule has 26 heavy (non-hydrogen) atoms. The molecule has 0 amide bonds. The van der Waals surface area contributed by atoms with Gasteiger partial charge in [-0.2, -0.15) is 0 Å². The van der Waals surface area contributed by atoms with Crippen LogP contribution in [0.2, 0.25) is 0 Å². The molecule has 2 aromatic rings. The molecule has 6 heteroatoms. The summed E-state index contributed by atoms with van der Waals surface area (Å²) in [5.41, 5.74) is 1.15. The lowest BCUT2D eigenvalue weighted by Gasteiger charge is -2.12. The van der Waals surface area contributed by atoms with Crippen molar-refractivity contribution >= 4 is 17.3 Å². The molecule has 2 rings (SSSR count). The van der Waals surface area contributed by atoms with Crippen LogP contribution in [0.25, 0.3) is 0 Å². The highest BCUT2D eigenvalue weighted by Gasteiger charge is 2.02. The van der Waals surface area contributed by atoms with E-state index in [1.807, 2.05) is 31.2 Å². The molecule has 1 heterocycles. The summed E-state index contributed by atoms with van der Waals surface area (Å²) in [6, 6.07) is 12.3. The summed E-state index contributed by atoms with van der Waals surface area (Å²) >= 11 is 1.80. The Labute approximate surface area is 160 Å². The summed E-state index contributed by atoms with van der Waals surface area (Å²) in [5.74, 6) is 1.68. The SMILES string of the molecule is CCOCCCNC(=NCc1ccc(OC)cc1)NCc1ccc(C)s1. The Kier molecular flexibility index (Phi) is 9.00. The maximum atomic E-state index is 5.39. The molecular formula is C20H29N3O2S. The van der Waals surface area contributed by atoms with Crippen molar-refractivity contribution in [1.82, 2.24) is 10.6 Å². The summed E-state index contributed by atoms with van der Waals surface area (Å²) < 4.78 is 10.6. The smallest absolute Gasteiger partial charge is 0.191 e. The highest BCUT2D eigenvalue weighted by Crippen LogP contribution is 2.14. The van der Waals surface area contributed by atoms with Crippen LogP contribution >= 0.6 is 11.3 Å². The fourth-order valence-electron chi connectivity index (χ4n) is 2.35. The van der Waals surface area contributed by atoms with Crippen molar-refractivity contribution in [3.63, 3.8) is 0 Å². The van der Waals surface area contributed by atoms with E-state index < -0.39 is 0 Å². The van der Waals surface area contributed by atoms with Crippen molar-refractivity contribution < 1.29 is 9.47 Å². The molecule has 0 unspecified atom stereocenters. The number of benzene rings is 1. The minimum atomic E-state index is 0.619. The molecule has 0 atom stereocenters. The van der Waals surface area contributed by atoms with Gasteiger partial charge in [-0.15, -0.1) is 11.3 Å². The molecule has 0 saturated carbocycles. The van der Waals surface area contributed by atoms with Gasteiger partial charge in [0.2, 0.25) is 0 Å². The van der Waals surface area contributed by atoms with Gasteiger partial charge in [0.05, 0.1) is 20.2 Å². The Hall–Kier alpha value is -2.05. The highest BCUT2D eigenvalue weighted by molar-refractivity contribution is 7.11. The third-order valence-electron chi connectivity index (χ3n) is 3.77. The first kappa shape index (κ1) is 20.3. The molecule has 0 aliphatic carbocycles. The van der Waals surface area contributed by atoms with Crippen LogP contribution in [0, 0.1) is 6.92 Å². The fraction of sp³-hybridized carbons (Fsp3) is 0.450. The molecule has 0 fully saturated rings. The van der Waals surface area contributed by atoms with E-state index in [0.29, 0.717) is 6.54 Å². The van der Waals surface area contributed by atoms with Crippen molar-refractivity contribution in [3.05, 3.63) is 51.7 Å². The van der Waals surface area contributed by atoms with E-state index in [1.165, 1.54) is 9.75 Å². The van der Waals surface area contributed by atoms with Crippen LogP contribution in [0.3, 0.4) is 0 Å². The molecule has 1 aromatic carbocycles. The van der Waals surface area contributed by atoms with E-state index in [4.69, 9.17) is 14.5 Å². The van der Waals surface area contributed by atoms with Gasteiger partial charge in [0.25, 0.3) is 0 Å². The van der Waals surface area contributed by atoms with Crippen LogP contribution < -0.4 is 15.4 Å². The Morgan fingerprint density at radius 2 is 1.92 bits per heavy atom. The van der Waals surface area contributed by atoms with E-state index in [2.05, 4.69) is 29.7 Å². The van der Waals surface area contributed by atoms with Gasteiger partial charge in [0.15, 0.2) is 5.96 Å². The minimum Gasteiger partial charge on any atom is -0.497 e. The molecule has 142 valence electrons. The van der Waals surface area contributed by atoms with E-state index in [-0.39, 0.29) is 0 Å². The number of ether oxygens (including phenoxy) is 2. The van der Waals surface area contributed by atoms with Gasteiger partial charge in [-0.05, 0) is 50.1 Å². The van der Waals surface area contributed by atoms with E-state index >= 15 is 0 Å². The highest BCUT2D eigenvalue weighted by atomic mass is 32.1. The first-order valence-corrected chi connectivity index (χ1v) is 9.81. The lowest BCUT2D eigenvalue weighted by Crippen LogP contribution is -2.37. The van der Waals surface area contributed by atoms with E-state index in [0.717, 1.165) is 50.0 Å². The zero-order valence-corrected chi connectivity index (χ0v) is 16.7. The number of thiophene rings is 1. The predicted molar refractivity (Wildman–Crippen MR) is 109 cm³/mol. The second-order valence-corrected chi connectivity index (χ2v) is 7.23. The lowest BCUT2D eigenvalue weighted by molar-refractivity contribution is 0.145. The average molecular weight is 376 g/mol. The quantitative estimate of drug-likeness (QED) is 0.377. The summed E-state index contributed by atoms with van der Waals surface area (Å²) in [7, 11) is 1.67. The molecular weight excluding hydrogens is 346 g/mol. The second kappa shape index (κ2) is 11.5. The van der Waals surface area contributed by atoms with Gasteiger partial charge in [-0.3, -0.25) is 0 Å². The lowest BCUT2D eigenvalue weighted by atomic mass is 10.2. The zero-order valence-electron chi connectivity index (χ0n) is 15.9. The Balaban J connectivity index is 1.90. The third kappa shape index (κ3) is 7.45. The fourth-order valence-corrected chi connectivity index (χ4v) is 3.18. The Morgan fingerprint density at radius 1 is 1.12 bits per heavy atom. The number of nitrogens with one attached hydrogen (secondary N) is 2. The van der Waals surface area contributed by atoms with Crippen LogP contribution in [0.1, 0.15) is 28.7 Å². The Bertz CT molecular complexity index is 668. The van der Waals surface area contributed by atoms with Gasteiger partial charge < -0.3 is 20.1 Å². The van der Waals surface area contributed by atoms with Crippen LogP contribution in [-0.4, -0.2) is 32.8 Å². The molecule has 0 aliphatic heterocycles. The average Bonchev–Trinajstić information content (AvgIpc) is 3.08. The number of methoxy groups -OCH3 is 1. The van der Waals surface area contributed by atoms with Crippen LogP contribution in [0.5, 0.6) is 5.75 Å². The van der Waals surface area contributed by atoms with Gasteiger partial charge >= 0.3 is 0 Å². The van der Waals surface area contributed by atoms with Crippen LogP contribution in [0.15, 0.2) is 41.4 Å². The summed E-state index contributed by atoms with van der Waals surface area (Å²) in [6.45, 7) is 7.89. The van der Waals surface area contributed by atoms with E-state index in [1.54, 1.807) is 18.4 Å². The maximum absolute atomic E-state index is 5.39. The van der Waals surface area contributed by atoms with E-state index in [9.17, 15) is 0 Å². The summed E-state index contributed by atoms with van der Waals surface area (Å²) in [5, 5.41) is 6.80. The topological polar surface area (TPSA) is 54.9 Å². The van der Waals surface area contributed by atoms with Gasteiger partial charge in [-0.1, -0.05) is 12.1 Å². The van der Waals surface area contributed by atoms with Crippen molar-refractivity contribution in [2.75, 3.05) is 26.9 Å². The number of aliphatic imine (C=N–C) groups is 1. The predicted octanol–water partition coefficient (Wildman–Crippen LogP) is 3.73. The number of rotatable bonds is 10. The van der Waals surface area contributed by atoms with Crippen molar-refractivity contribution in [2.45, 2.75) is 33.4 Å². The number of hydrogen-bond acceptors (Lipinski definition) is 4. The van der Waals surface area contributed by atoms with Crippen molar-refractivity contribution in [3.8, 4) is 5.75 Å². The largest absolute Gasteiger partial charge is 0.497 e. The maximum Gasteiger partial charge on any atom is 0.191 e. The second-order valence-electron chi connectivity index (χ2n) is 5.86. The van der Waals surface area contributed by atoms with Crippen LogP contribution in [0.4, 0.5) is 0 Å². The monoisotopic (exact) mass is 375 g/mol. The first-order chi connectivity index (χ1) is 12.7. The summed E-state index contributed by atoms with van der Waals surface area (Å²) in [6.07, 6.45) is 0.954. The van der Waals surface area contributed by atoms with Gasteiger partial charge in [0, 0.05) is 29.5 Å². The van der Waals surface area contributed by atoms with Gasteiger partial charge in [-0.25, -0.2) is 4.99 Å². The third-order valence-corrected chi connectivity index (χ3v) is 4.77. The van der Waals surface area contributed by atoms with Crippen molar-refractivity contribution in [1.29, 1.82) is 0 Å². The number of aryl methyl sites for hydroxylation is 1. The standard InChI is InChI=1S/C20H29N3O2S/c1-4-25-13-5-12-21-20(23-15-19-11-6-16(2)26-19)22-14-17-7-9-18(24-3)10-8-17/h6-11H,4-5,12-15H2,1-3H3,(H2,21,22,23). The number of guanidine groups is 1. The molecule has 0 radical (unpaired) electrons. The van der Waals surface area contributed by atoms with Crippen molar-refractivity contribution in [2.24, 2.45) is 4.99 Å². The molecule has 5 nitrogen and oxygen atoms in total. The normalized spacial score (nSPS) is 11.4. The molecule has 0 saturated heterocycles. The minimum absolute atomic E-state index is 0.619. The molecule has 1 aromatic heterocycles.